The summed E-state index contributed by atoms with van der Waals surface area (Å²) < 4.78 is 1.27. The quantitative estimate of drug-likeness (QED) is 0.463. The van der Waals surface area contributed by atoms with Crippen molar-refractivity contribution in [2.45, 2.75) is 11.8 Å². The van der Waals surface area contributed by atoms with Gasteiger partial charge in [0.15, 0.2) is 0 Å². The zero-order chi connectivity index (χ0) is 14.1. The van der Waals surface area contributed by atoms with Crippen LogP contribution in [0.2, 0.25) is 10.0 Å². The van der Waals surface area contributed by atoms with E-state index in [1.807, 2.05) is 30.3 Å². The van der Waals surface area contributed by atoms with E-state index in [9.17, 15) is 0 Å². The largest absolute Gasteiger partial charge is 0.139 e. The molecular weight excluding hydrogens is 331 g/mol. The zero-order valence-corrected chi connectivity index (χ0v) is 13.5. The molecule has 3 rings (SSSR count). The summed E-state index contributed by atoms with van der Waals surface area (Å²) in [5, 5.41) is 2.34. The Bertz CT molecular complexity index is 715. The Labute approximate surface area is 136 Å². The van der Waals surface area contributed by atoms with Gasteiger partial charge in [-0.1, -0.05) is 47.5 Å². The maximum atomic E-state index is 6.54. The first kappa shape index (κ1) is 14.2. The molecule has 0 nitrogen and oxygen atoms in total. The molecule has 0 amide bonds. The Kier molecular flexibility index (Phi) is 4.23. The third-order valence-electron chi connectivity index (χ3n) is 3.15. The second-order valence-corrected chi connectivity index (χ2v) is 7.06. The van der Waals surface area contributed by atoms with Crippen LogP contribution in [-0.2, 0) is 6.42 Å². The molecule has 0 radical (unpaired) electrons. The van der Waals surface area contributed by atoms with Gasteiger partial charge in [0.05, 0.1) is 15.4 Å². The molecule has 1 unspecified atom stereocenters. The second kappa shape index (κ2) is 5.95. The van der Waals surface area contributed by atoms with E-state index < -0.39 is 0 Å². The first-order valence-electron chi connectivity index (χ1n) is 6.20. The Morgan fingerprint density at radius 3 is 2.50 bits per heavy atom. The lowest BCUT2D eigenvalue weighted by atomic mass is 10.1. The van der Waals surface area contributed by atoms with Gasteiger partial charge in [0.2, 0.25) is 0 Å². The van der Waals surface area contributed by atoms with Crippen LogP contribution in [0.5, 0.6) is 0 Å². The van der Waals surface area contributed by atoms with Crippen LogP contribution in [0, 0.1) is 0 Å². The number of benzene rings is 2. The highest BCUT2D eigenvalue weighted by Crippen LogP contribution is 2.35. The molecule has 102 valence electrons. The van der Waals surface area contributed by atoms with Gasteiger partial charge in [-0.15, -0.1) is 22.9 Å². The van der Waals surface area contributed by atoms with Gasteiger partial charge in [-0.05, 0) is 41.6 Å². The average Bonchev–Trinajstić information content (AvgIpc) is 2.87. The van der Waals surface area contributed by atoms with E-state index >= 15 is 0 Å². The SMILES string of the molecule is Clc1ccc(CC(Cl)c2cc3ccccc3s2)cc1Cl. The Hall–Kier alpha value is -0.730. The highest BCUT2D eigenvalue weighted by Gasteiger charge is 2.13. The standard InChI is InChI=1S/C16H11Cl3S/c17-12-6-5-10(7-13(12)18)8-14(19)16-9-11-3-1-2-4-15(11)20-16/h1-7,9,14H,8H2. The summed E-state index contributed by atoms with van der Waals surface area (Å²) in [6.07, 6.45) is 0.741. The highest BCUT2D eigenvalue weighted by atomic mass is 35.5. The minimum Gasteiger partial charge on any atom is -0.139 e. The Balaban J connectivity index is 1.84. The Morgan fingerprint density at radius 1 is 0.950 bits per heavy atom. The normalized spacial score (nSPS) is 12.8. The van der Waals surface area contributed by atoms with Crippen molar-refractivity contribution in [3.63, 3.8) is 0 Å². The summed E-state index contributed by atoms with van der Waals surface area (Å²) in [5.41, 5.74) is 1.09. The molecule has 1 heterocycles. The number of hydrogen-bond acceptors (Lipinski definition) is 1. The van der Waals surface area contributed by atoms with Crippen molar-refractivity contribution in [1.29, 1.82) is 0 Å². The third-order valence-corrected chi connectivity index (χ3v) is 5.64. The molecule has 0 saturated carbocycles. The number of fused-ring (bicyclic) bond motifs is 1. The number of rotatable bonds is 3. The first-order chi connectivity index (χ1) is 9.63. The van der Waals surface area contributed by atoms with E-state index in [1.165, 1.54) is 15.0 Å². The van der Waals surface area contributed by atoms with Crippen molar-refractivity contribution in [2.24, 2.45) is 0 Å². The fourth-order valence-corrected chi connectivity index (χ4v) is 3.87. The van der Waals surface area contributed by atoms with Gasteiger partial charge >= 0.3 is 0 Å². The minimum atomic E-state index is -0.0513. The summed E-state index contributed by atoms with van der Waals surface area (Å²) in [6, 6.07) is 16.1. The minimum absolute atomic E-state index is 0.0513. The molecule has 20 heavy (non-hydrogen) atoms. The van der Waals surface area contributed by atoms with Gasteiger partial charge < -0.3 is 0 Å². The topological polar surface area (TPSA) is 0 Å². The van der Waals surface area contributed by atoms with Crippen molar-refractivity contribution < 1.29 is 0 Å². The van der Waals surface area contributed by atoms with Crippen LogP contribution in [0.4, 0.5) is 0 Å². The molecule has 0 aliphatic carbocycles. The Morgan fingerprint density at radius 2 is 1.75 bits per heavy atom. The van der Waals surface area contributed by atoms with Crippen LogP contribution in [0.25, 0.3) is 10.1 Å². The summed E-state index contributed by atoms with van der Waals surface area (Å²) in [4.78, 5) is 1.18. The van der Waals surface area contributed by atoms with Crippen molar-refractivity contribution in [3.8, 4) is 0 Å². The van der Waals surface area contributed by atoms with E-state index in [2.05, 4.69) is 18.2 Å². The summed E-state index contributed by atoms with van der Waals surface area (Å²) >= 11 is 20.2. The molecular formula is C16H11Cl3S. The van der Waals surface area contributed by atoms with E-state index in [1.54, 1.807) is 11.3 Å². The summed E-state index contributed by atoms with van der Waals surface area (Å²) in [6.45, 7) is 0. The average molecular weight is 342 g/mol. The van der Waals surface area contributed by atoms with Gasteiger partial charge in [0.1, 0.15) is 0 Å². The van der Waals surface area contributed by atoms with Crippen LogP contribution in [0.15, 0.2) is 48.5 Å². The molecule has 3 aromatic rings. The molecule has 0 N–H and O–H groups in total. The molecule has 0 spiro atoms. The molecule has 2 aromatic carbocycles. The number of alkyl halides is 1. The van der Waals surface area contributed by atoms with Crippen molar-refractivity contribution in [3.05, 3.63) is 69.0 Å². The second-order valence-electron chi connectivity index (χ2n) is 4.61. The lowest BCUT2D eigenvalue weighted by Gasteiger charge is -2.08. The lowest BCUT2D eigenvalue weighted by Crippen LogP contribution is -1.93. The molecule has 1 aromatic heterocycles. The fraction of sp³-hybridized carbons (Fsp3) is 0.125. The van der Waals surface area contributed by atoms with E-state index in [0.29, 0.717) is 10.0 Å². The van der Waals surface area contributed by atoms with Crippen LogP contribution in [0.1, 0.15) is 15.8 Å². The maximum Gasteiger partial charge on any atom is 0.0719 e. The molecule has 1 atom stereocenters. The maximum absolute atomic E-state index is 6.54. The van der Waals surface area contributed by atoms with Crippen LogP contribution in [0.3, 0.4) is 0 Å². The van der Waals surface area contributed by atoms with Crippen molar-refractivity contribution in [1.82, 2.24) is 0 Å². The van der Waals surface area contributed by atoms with Gasteiger partial charge in [-0.3, -0.25) is 0 Å². The van der Waals surface area contributed by atoms with Crippen molar-refractivity contribution in [2.75, 3.05) is 0 Å². The molecule has 0 bridgehead atoms. The van der Waals surface area contributed by atoms with Crippen LogP contribution in [-0.4, -0.2) is 0 Å². The number of thiophene rings is 1. The number of halogens is 3. The molecule has 0 saturated heterocycles. The molecule has 0 aliphatic heterocycles. The van der Waals surface area contributed by atoms with Crippen molar-refractivity contribution >= 4 is 56.2 Å². The highest BCUT2D eigenvalue weighted by molar-refractivity contribution is 7.19. The van der Waals surface area contributed by atoms with Gasteiger partial charge in [0, 0.05) is 9.58 Å². The lowest BCUT2D eigenvalue weighted by molar-refractivity contribution is 0.941. The molecule has 0 fully saturated rings. The monoisotopic (exact) mass is 340 g/mol. The summed E-state index contributed by atoms with van der Waals surface area (Å²) in [7, 11) is 0. The van der Waals surface area contributed by atoms with Crippen LogP contribution >= 0.6 is 46.1 Å². The predicted octanol–water partition coefficient (Wildman–Crippen LogP) is 6.73. The van der Waals surface area contributed by atoms with Gasteiger partial charge in [0.25, 0.3) is 0 Å². The van der Waals surface area contributed by atoms with E-state index in [4.69, 9.17) is 34.8 Å². The summed E-state index contributed by atoms with van der Waals surface area (Å²) in [5.74, 6) is 0. The van der Waals surface area contributed by atoms with Gasteiger partial charge in [-0.25, -0.2) is 0 Å². The van der Waals surface area contributed by atoms with E-state index in [-0.39, 0.29) is 5.38 Å². The third kappa shape index (κ3) is 2.96. The molecule has 0 aliphatic rings. The first-order valence-corrected chi connectivity index (χ1v) is 8.21. The fourth-order valence-electron chi connectivity index (χ4n) is 2.13. The van der Waals surface area contributed by atoms with Crippen LogP contribution < -0.4 is 0 Å². The molecule has 4 heteroatoms. The zero-order valence-electron chi connectivity index (χ0n) is 10.4. The van der Waals surface area contributed by atoms with Gasteiger partial charge in [-0.2, -0.15) is 0 Å². The van der Waals surface area contributed by atoms with E-state index in [0.717, 1.165) is 12.0 Å². The smallest absolute Gasteiger partial charge is 0.0719 e. The predicted molar refractivity (Wildman–Crippen MR) is 90.6 cm³/mol. The number of hydrogen-bond donors (Lipinski definition) is 0.